The van der Waals surface area contributed by atoms with Crippen molar-refractivity contribution in [1.29, 1.82) is 0 Å². The van der Waals surface area contributed by atoms with Crippen molar-refractivity contribution in [1.82, 2.24) is 0 Å². The van der Waals surface area contributed by atoms with Crippen LogP contribution in [0.15, 0.2) is 18.2 Å². The Morgan fingerprint density at radius 3 is 2.12 bits per heavy atom. The Morgan fingerprint density at radius 2 is 1.56 bits per heavy atom. The second kappa shape index (κ2) is 8.15. The van der Waals surface area contributed by atoms with Gasteiger partial charge in [0.15, 0.2) is 0 Å². The van der Waals surface area contributed by atoms with Gasteiger partial charge < -0.3 is 0 Å². The van der Waals surface area contributed by atoms with Gasteiger partial charge in [0.05, 0.1) is 0 Å². The van der Waals surface area contributed by atoms with E-state index in [0.29, 0.717) is 0 Å². The number of rotatable bonds is 0. The molecule has 0 saturated carbocycles. The number of benzene rings is 1. The van der Waals surface area contributed by atoms with E-state index in [2.05, 4.69) is 38.1 Å². The van der Waals surface area contributed by atoms with Gasteiger partial charge in [0.1, 0.15) is 0 Å². The SMILES string of the molecule is CC.CC.CC1=c2c(C)cccc2=CCC1. The molecule has 0 radical (unpaired) electrons. The fourth-order valence-electron chi connectivity index (χ4n) is 2.01. The number of hydrogen-bond donors (Lipinski definition) is 0. The average Bonchev–Trinajstić information content (AvgIpc) is 2.34. The molecule has 0 fully saturated rings. The maximum Gasteiger partial charge on any atom is -0.0169 e. The summed E-state index contributed by atoms with van der Waals surface area (Å²) in [6.07, 6.45) is 4.79. The predicted octanol–water partition coefficient (Wildman–Crippen LogP) is 3.79. The zero-order chi connectivity index (χ0) is 12.6. The fraction of sp³-hybridized carbons (Fsp3) is 0.500. The van der Waals surface area contributed by atoms with E-state index in [4.69, 9.17) is 0 Å². The van der Waals surface area contributed by atoms with Gasteiger partial charge in [-0.05, 0) is 42.7 Å². The molecule has 0 amide bonds. The lowest BCUT2D eigenvalue weighted by atomic mass is 9.98. The minimum absolute atomic E-state index is 1.21. The maximum atomic E-state index is 2.34. The summed E-state index contributed by atoms with van der Waals surface area (Å²) in [7, 11) is 0. The maximum absolute atomic E-state index is 2.34. The summed E-state index contributed by atoms with van der Waals surface area (Å²) in [6.45, 7) is 12.4. The molecule has 90 valence electrons. The Morgan fingerprint density at radius 1 is 0.938 bits per heavy atom. The molecule has 0 spiro atoms. The van der Waals surface area contributed by atoms with E-state index < -0.39 is 0 Å². The Kier molecular flexibility index (Phi) is 7.62. The van der Waals surface area contributed by atoms with Gasteiger partial charge >= 0.3 is 0 Å². The van der Waals surface area contributed by atoms with E-state index in [9.17, 15) is 0 Å². The second-order valence-corrected chi connectivity index (χ2v) is 3.56. The van der Waals surface area contributed by atoms with Crippen LogP contribution >= 0.6 is 0 Å². The molecular formula is C16H26. The first-order valence-corrected chi connectivity index (χ1v) is 6.54. The zero-order valence-corrected chi connectivity index (χ0v) is 11.7. The lowest BCUT2D eigenvalue weighted by Gasteiger charge is -2.07. The first-order chi connectivity index (χ1) is 7.79. The molecular weight excluding hydrogens is 192 g/mol. The molecule has 1 aromatic carbocycles. The first-order valence-electron chi connectivity index (χ1n) is 6.54. The number of aryl methyl sites for hydroxylation is 1. The van der Waals surface area contributed by atoms with Gasteiger partial charge in [-0.25, -0.2) is 0 Å². The summed E-state index contributed by atoms with van der Waals surface area (Å²) in [5.74, 6) is 0. The largest absolute Gasteiger partial charge is 0.0763 e. The van der Waals surface area contributed by atoms with E-state index >= 15 is 0 Å². The van der Waals surface area contributed by atoms with Crippen molar-refractivity contribution in [2.24, 2.45) is 0 Å². The van der Waals surface area contributed by atoms with Crippen molar-refractivity contribution in [2.75, 3.05) is 0 Å². The molecule has 16 heavy (non-hydrogen) atoms. The predicted molar refractivity (Wildman–Crippen MR) is 75.9 cm³/mol. The van der Waals surface area contributed by atoms with Gasteiger partial charge in [-0.2, -0.15) is 0 Å². The summed E-state index contributed by atoms with van der Waals surface area (Å²) in [5, 5.41) is 2.92. The van der Waals surface area contributed by atoms with Crippen LogP contribution in [0.2, 0.25) is 0 Å². The van der Waals surface area contributed by atoms with E-state index in [0.717, 1.165) is 0 Å². The molecule has 0 heterocycles. The zero-order valence-electron chi connectivity index (χ0n) is 11.7. The van der Waals surface area contributed by atoms with Crippen LogP contribution in [0, 0.1) is 6.92 Å². The Hall–Kier alpha value is -1.04. The van der Waals surface area contributed by atoms with Gasteiger partial charge in [0.2, 0.25) is 0 Å². The third-order valence-electron chi connectivity index (χ3n) is 2.62. The molecule has 0 atom stereocenters. The van der Waals surface area contributed by atoms with Crippen LogP contribution in [0.3, 0.4) is 0 Å². The molecule has 0 aromatic heterocycles. The van der Waals surface area contributed by atoms with Crippen LogP contribution in [0.4, 0.5) is 0 Å². The topological polar surface area (TPSA) is 0 Å². The van der Waals surface area contributed by atoms with Crippen LogP contribution in [0.5, 0.6) is 0 Å². The fourth-order valence-corrected chi connectivity index (χ4v) is 2.01. The molecule has 0 unspecified atom stereocenters. The molecule has 1 aliphatic carbocycles. The summed E-state index contributed by atoms with van der Waals surface area (Å²) in [5.41, 5.74) is 2.96. The highest BCUT2D eigenvalue weighted by Gasteiger charge is 2.00. The smallest absolute Gasteiger partial charge is 0.0169 e. The molecule has 0 bridgehead atoms. The van der Waals surface area contributed by atoms with Crippen LogP contribution < -0.4 is 10.4 Å². The third kappa shape index (κ3) is 3.52. The summed E-state index contributed by atoms with van der Waals surface area (Å²) in [4.78, 5) is 0. The molecule has 0 N–H and O–H groups in total. The highest BCUT2D eigenvalue weighted by Crippen LogP contribution is 2.06. The van der Waals surface area contributed by atoms with Gasteiger partial charge in [-0.3, -0.25) is 0 Å². The molecule has 2 rings (SSSR count). The van der Waals surface area contributed by atoms with Gasteiger partial charge in [-0.15, -0.1) is 0 Å². The van der Waals surface area contributed by atoms with Crippen molar-refractivity contribution in [3.8, 4) is 0 Å². The van der Waals surface area contributed by atoms with Crippen LogP contribution in [-0.4, -0.2) is 0 Å². The van der Waals surface area contributed by atoms with E-state index in [1.807, 2.05) is 27.7 Å². The van der Waals surface area contributed by atoms with E-state index in [-0.39, 0.29) is 0 Å². The first kappa shape index (κ1) is 15.0. The molecule has 0 nitrogen and oxygen atoms in total. The normalized spacial score (nSPS) is 12.2. The molecule has 1 aromatic rings. The van der Waals surface area contributed by atoms with E-state index in [1.165, 1.54) is 28.8 Å². The summed E-state index contributed by atoms with van der Waals surface area (Å²) < 4.78 is 0. The molecule has 1 aliphatic rings. The molecule has 0 saturated heterocycles. The molecule has 0 heteroatoms. The Labute approximate surface area is 101 Å². The number of hydrogen-bond acceptors (Lipinski definition) is 0. The monoisotopic (exact) mass is 218 g/mol. The van der Waals surface area contributed by atoms with Crippen LogP contribution in [0.1, 0.15) is 53.0 Å². The van der Waals surface area contributed by atoms with Gasteiger partial charge in [-0.1, -0.05) is 57.5 Å². The van der Waals surface area contributed by atoms with Crippen LogP contribution in [0.25, 0.3) is 11.6 Å². The van der Waals surface area contributed by atoms with Crippen molar-refractivity contribution < 1.29 is 0 Å². The van der Waals surface area contributed by atoms with Gasteiger partial charge in [0, 0.05) is 0 Å². The van der Waals surface area contributed by atoms with Gasteiger partial charge in [0.25, 0.3) is 0 Å². The summed E-state index contributed by atoms with van der Waals surface area (Å²) in [6, 6.07) is 6.55. The van der Waals surface area contributed by atoms with Crippen molar-refractivity contribution in [2.45, 2.75) is 54.4 Å². The second-order valence-electron chi connectivity index (χ2n) is 3.56. The Balaban J connectivity index is 0.000000509. The molecule has 0 aliphatic heterocycles. The third-order valence-corrected chi connectivity index (χ3v) is 2.62. The quantitative estimate of drug-likeness (QED) is 0.621. The average molecular weight is 218 g/mol. The van der Waals surface area contributed by atoms with Crippen molar-refractivity contribution >= 4 is 11.6 Å². The minimum atomic E-state index is 1.21. The lowest BCUT2D eigenvalue weighted by Crippen LogP contribution is -2.31. The summed E-state index contributed by atoms with van der Waals surface area (Å²) >= 11 is 0. The van der Waals surface area contributed by atoms with E-state index in [1.54, 1.807) is 5.57 Å². The standard InChI is InChI=1S/C12H14.2C2H6/c1-9-5-3-7-11-8-4-6-10(2)12(9)11;2*1-2/h3,5,7-8H,4,6H2,1-2H3;2*1-2H3. The number of fused-ring (bicyclic) bond motifs is 1. The Bertz CT molecular complexity index is 410. The van der Waals surface area contributed by atoms with Crippen molar-refractivity contribution in [3.63, 3.8) is 0 Å². The van der Waals surface area contributed by atoms with Crippen LogP contribution in [-0.2, 0) is 0 Å². The lowest BCUT2D eigenvalue weighted by molar-refractivity contribution is 1.06. The highest BCUT2D eigenvalue weighted by molar-refractivity contribution is 5.50. The highest BCUT2D eigenvalue weighted by atomic mass is 14.1. The minimum Gasteiger partial charge on any atom is -0.0763 e. The van der Waals surface area contributed by atoms with Crippen molar-refractivity contribution in [3.05, 3.63) is 34.2 Å².